The number of nitrogens with two attached hydrogens (primary N) is 1. The third kappa shape index (κ3) is 4.91. The molecule has 35 heavy (non-hydrogen) atoms. The lowest BCUT2D eigenvalue weighted by Crippen LogP contribution is -2.19. The zero-order valence-electron chi connectivity index (χ0n) is 19.5. The van der Waals surface area contributed by atoms with E-state index < -0.39 is 21.2 Å². The molecule has 0 aliphatic rings. The van der Waals surface area contributed by atoms with E-state index in [1.165, 1.54) is 6.20 Å². The quantitative estimate of drug-likeness (QED) is 0.389. The van der Waals surface area contributed by atoms with Crippen LogP contribution >= 0.6 is 11.3 Å². The van der Waals surface area contributed by atoms with Gasteiger partial charge >= 0.3 is 0 Å². The Bertz CT molecular complexity index is 1570. The monoisotopic (exact) mass is 509 g/mol. The number of carbonyl (C=O) groups is 2. The van der Waals surface area contributed by atoms with Crippen molar-refractivity contribution in [3.8, 4) is 11.3 Å². The molecule has 0 bridgehead atoms. The van der Waals surface area contributed by atoms with Crippen LogP contribution in [0.3, 0.4) is 0 Å². The summed E-state index contributed by atoms with van der Waals surface area (Å²) in [6.45, 7) is 5.79. The molecule has 3 heterocycles. The first kappa shape index (κ1) is 24.4. The zero-order chi connectivity index (χ0) is 25.5. The molecule has 4 rings (SSSR count). The Balaban J connectivity index is 1.95. The summed E-state index contributed by atoms with van der Waals surface area (Å²) in [4.78, 5) is 38.2. The molecular formula is C24H23N5O4S2. The van der Waals surface area contributed by atoms with E-state index in [4.69, 9.17) is 5.73 Å². The lowest BCUT2D eigenvalue weighted by atomic mass is 9.84. The fraction of sp³-hybridized carbons (Fsp3) is 0.208. The Kier molecular flexibility index (Phi) is 6.16. The van der Waals surface area contributed by atoms with Gasteiger partial charge in [-0.05, 0) is 35.2 Å². The zero-order valence-corrected chi connectivity index (χ0v) is 21.1. The molecule has 3 N–H and O–H groups in total. The third-order valence-corrected chi connectivity index (χ3v) is 7.10. The predicted octanol–water partition coefficient (Wildman–Crippen LogP) is 3.81. The van der Waals surface area contributed by atoms with Gasteiger partial charge in [-0.25, -0.2) is 18.4 Å². The number of primary amides is 1. The van der Waals surface area contributed by atoms with E-state index in [0.29, 0.717) is 43.2 Å². The molecular weight excluding hydrogens is 486 g/mol. The maximum atomic E-state index is 12.6. The number of hydrogen-bond donors (Lipinski definition) is 2. The second kappa shape index (κ2) is 8.82. The SMILES string of the molecule is CC(C)(C)c1c(C(N)=O)sc2nc(S(C)(=O)=O)nc(-c3cccc(NC(=O)c4cccnc4)c3)c12. The van der Waals surface area contributed by atoms with E-state index in [-0.39, 0.29) is 11.1 Å². The van der Waals surface area contributed by atoms with Crippen molar-refractivity contribution in [2.75, 3.05) is 11.6 Å². The number of carbonyl (C=O) groups excluding carboxylic acids is 2. The van der Waals surface area contributed by atoms with Crippen LogP contribution in [0.25, 0.3) is 21.5 Å². The summed E-state index contributed by atoms with van der Waals surface area (Å²) in [5.41, 5.74) is 7.55. The van der Waals surface area contributed by atoms with Crippen LogP contribution in [0.2, 0.25) is 0 Å². The number of hydrogen-bond acceptors (Lipinski definition) is 8. The minimum Gasteiger partial charge on any atom is -0.365 e. The van der Waals surface area contributed by atoms with Gasteiger partial charge in [0.1, 0.15) is 4.83 Å². The van der Waals surface area contributed by atoms with Crippen LogP contribution in [0, 0.1) is 0 Å². The van der Waals surface area contributed by atoms with Crippen LogP contribution in [-0.2, 0) is 15.3 Å². The fourth-order valence-electron chi connectivity index (χ4n) is 3.69. The minimum atomic E-state index is -3.76. The molecule has 0 saturated carbocycles. The standard InChI is InChI=1S/C24H23N5O4S2/c1-24(2,3)17-16-18(28-23(35(4,32)33)29-22(16)34-19(17)20(25)30)13-7-5-9-15(11-13)27-21(31)14-8-6-10-26-12-14/h5-12H,1-4H3,(H2,25,30)(H,27,31). The van der Waals surface area contributed by atoms with Crippen molar-refractivity contribution in [3.63, 3.8) is 0 Å². The van der Waals surface area contributed by atoms with E-state index in [2.05, 4.69) is 20.3 Å². The average molecular weight is 510 g/mol. The van der Waals surface area contributed by atoms with Crippen LogP contribution in [0.4, 0.5) is 5.69 Å². The fourth-order valence-corrected chi connectivity index (χ4v) is 5.50. The molecule has 0 radical (unpaired) electrons. The summed E-state index contributed by atoms with van der Waals surface area (Å²) in [6.07, 6.45) is 4.05. The number of benzene rings is 1. The number of thiophene rings is 1. The second-order valence-electron chi connectivity index (χ2n) is 9.00. The topological polar surface area (TPSA) is 145 Å². The molecule has 9 nitrogen and oxygen atoms in total. The number of fused-ring (bicyclic) bond motifs is 1. The van der Waals surface area contributed by atoms with Gasteiger partial charge in [0.05, 0.1) is 16.1 Å². The number of rotatable bonds is 5. The van der Waals surface area contributed by atoms with Crippen LogP contribution in [0.15, 0.2) is 53.9 Å². The lowest BCUT2D eigenvalue weighted by Gasteiger charge is -2.20. The Morgan fingerprint density at radius 1 is 1.09 bits per heavy atom. The molecule has 0 aliphatic heterocycles. The molecule has 0 aliphatic carbocycles. The number of anilines is 1. The molecule has 2 amide bonds. The molecule has 3 aromatic heterocycles. The molecule has 180 valence electrons. The lowest BCUT2D eigenvalue weighted by molar-refractivity contribution is 0.0999. The Morgan fingerprint density at radius 2 is 1.83 bits per heavy atom. The van der Waals surface area contributed by atoms with Crippen LogP contribution in [0.1, 0.15) is 46.4 Å². The number of amides is 2. The minimum absolute atomic E-state index is 0.301. The summed E-state index contributed by atoms with van der Waals surface area (Å²) in [5.74, 6) is -0.968. The first-order chi connectivity index (χ1) is 16.4. The summed E-state index contributed by atoms with van der Waals surface area (Å²) in [6, 6.07) is 10.2. The van der Waals surface area contributed by atoms with Crippen LogP contribution in [-0.4, -0.2) is 41.4 Å². The number of nitrogens with zero attached hydrogens (tertiary/aromatic N) is 3. The molecule has 4 aromatic rings. The van der Waals surface area contributed by atoms with Crippen molar-refractivity contribution < 1.29 is 18.0 Å². The summed E-state index contributed by atoms with van der Waals surface area (Å²) < 4.78 is 24.8. The highest BCUT2D eigenvalue weighted by Gasteiger charge is 2.31. The molecule has 0 spiro atoms. The van der Waals surface area contributed by atoms with Crippen LogP contribution < -0.4 is 11.1 Å². The van der Waals surface area contributed by atoms with Gasteiger partial charge in [0, 0.05) is 35.3 Å². The molecule has 0 fully saturated rings. The molecule has 0 saturated heterocycles. The van der Waals surface area contributed by atoms with Gasteiger partial charge in [0.25, 0.3) is 11.8 Å². The van der Waals surface area contributed by atoms with Gasteiger partial charge in [-0.15, -0.1) is 11.3 Å². The normalized spacial score (nSPS) is 12.0. The van der Waals surface area contributed by atoms with Crippen molar-refractivity contribution in [1.29, 1.82) is 0 Å². The van der Waals surface area contributed by atoms with Crippen LogP contribution in [0.5, 0.6) is 0 Å². The van der Waals surface area contributed by atoms with Crippen molar-refractivity contribution >= 4 is 48.9 Å². The van der Waals surface area contributed by atoms with E-state index >= 15 is 0 Å². The maximum Gasteiger partial charge on any atom is 0.259 e. The molecule has 0 atom stereocenters. The van der Waals surface area contributed by atoms with Gasteiger partial charge < -0.3 is 11.1 Å². The predicted molar refractivity (Wildman–Crippen MR) is 135 cm³/mol. The smallest absolute Gasteiger partial charge is 0.259 e. The highest BCUT2D eigenvalue weighted by Crippen LogP contribution is 2.43. The number of sulfone groups is 1. The van der Waals surface area contributed by atoms with Crippen molar-refractivity contribution in [1.82, 2.24) is 15.0 Å². The summed E-state index contributed by atoms with van der Waals surface area (Å²) in [7, 11) is -3.76. The van der Waals surface area contributed by atoms with Crippen molar-refractivity contribution in [2.45, 2.75) is 31.3 Å². The van der Waals surface area contributed by atoms with E-state index in [0.717, 1.165) is 17.6 Å². The van der Waals surface area contributed by atoms with Crippen molar-refractivity contribution in [2.24, 2.45) is 5.73 Å². The van der Waals surface area contributed by atoms with Gasteiger partial charge in [0.2, 0.25) is 15.0 Å². The van der Waals surface area contributed by atoms with Crippen molar-refractivity contribution in [3.05, 3.63) is 64.8 Å². The third-order valence-electron chi connectivity index (χ3n) is 5.15. The Morgan fingerprint density at radius 3 is 2.43 bits per heavy atom. The molecule has 11 heteroatoms. The molecule has 1 aromatic carbocycles. The summed E-state index contributed by atoms with van der Waals surface area (Å²) >= 11 is 1.04. The van der Waals surface area contributed by atoms with Gasteiger partial charge in [-0.2, -0.15) is 0 Å². The van der Waals surface area contributed by atoms with Gasteiger partial charge in [-0.3, -0.25) is 14.6 Å². The number of nitrogens with one attached hydrogen (secondary N) is 1. The van der Waals surface area contributed by atoms with E-state index in [9.17, 15) is 18.0 Å². The molecule has 0 unspecified atom stereocenters. The average Bonchev–Trinajstić information content (AvgIpc) is 3.19. The van der Waals surface area contributed by atoms with E-state index in [1.54, 1.807) is 42.6 Å². The number of pyridine rings is 1. The number of aromatic nitrogens is 3. The summed E-state index contributed by atoms with van der Waals surface area (Å²) in [5, 5.41) is 3.01. The highest BCUT2D eigenvalue weighted by molar-refractivity contribution is 7.90. The van der Waals surface area contributed by atoms with E-state index in [1.807, 2.05) is 20.8 Å². The largest absolute Gasteiger partial charge is 0.365 e. The Labute approximate surface area is 206 Å². The first-order valence-electron chi connectivity index (χ1n) is 10.5. The van der Waals surface area contributed by atoms with Gasteiger partial charge in [-0.1, -0.05) is 32.9 Å². The first-order valence-corrected chi connectivity index (χ1v) is 13.2. The van der Waals surface area contributed by atoms with Gasteiger partial charge in [0.15, 0.2) is 0 Å². The maximum absolute atomic E-state index is 12.6. The highest BCUT2D eigenvalue weighted by atomic mass is 32.2. The Hall–Kier alpha value is -3.70. The second-order valence-corrected chi connectivity index (χ2v) is 11.9.